The summed E-state index contributed by atoms with van der Waals surface area (Å²) in [7, 11) is 0. The number of halogens is 1. The molecule has 1 aliphatic carbocycles. The zero-order valence-electron chi connectivity index (χ0n) is 11.1. The predicted octanol–water partition coefficient (Wildman–Crippen LogP) is -1.40. The molecule has 0 bridgehead atoms. The zero-order chi connectivity index (χ0) is 15.9. The zero-order valence-corrected chi connectivity index (χ0v) is 11.1. The monoisotopic (exact) mass is 309 g/mol. The number of rotatable bonds is 2. The van der Waals surface area contributed by atoms with Crippen molar-refractivity contribution < 1.29 is 19.3 Å². The number of anilines is 1. The van der Waals surface area contributed by atoms with Crippen LogP contribution in [0.3, 0.4) is 0 Å². The van der Waals surface area contributed by atoms with Crippen LogP contribution >= 0.6 is 0 Å². The Hall–Kier alpha value is -2.30. The van der Waals surface area contributed by atoms with Crippen LogP contribution in [0.2, 0.25) is 0 Å². The molecule has 1 aliphatic heterocycles. The van der Waals surface area contributed by atoms with Crippen LogP contribution in [0, 0.1) is 0 Å². The minimum absolute atomic E-state index is 0.0208. The summed E-state index contributed by atoms with van der Waals surface area (Å²) in [6, 6.07) is 0. The molecule has 0 radical (unpaired) electrons. The number of nitrogens with two attached hydrogens (primary N) is 1. The van der Waals surface area contributed by atoms with Crippen molar-refractivity contribution in [1.82, 2.24) is 19.5 Å². The van der Waals surface area contributed by atoms with Gasteiger partial charge < -0.3 is 20.7 Å². The molecule has 2 aliphatic rings. The number of imidazole rings is 1. The minimum atomic E-state index is -2.08. The highest BCUT2D eigenvalue weighted by atomic mass is 19.1. The van der Waals surface area contributed by atoms with Gasteiger partial charge >= 0.3 is 0 Å². The van der Waals surface area contributed by atoms with E-state index in [4.69, 9.17) is 10.5 Å². The van der Waals surface area contributed by atoms with Crippen molar-refractivity contribution in [1.29, 1.82) is 0 Å². The quantitative estimate of drug-likeness (QED) is 0.500. The number of fused-ring (bicyclic) bond motifs is 2. The van der Waals surface area contributed by atoms with Crippen LogP contribution < -0.4 is 11.3 Å². The summed E-state index contributed by atoms with van der Waals surface area (Å²) in [6.07, 6.45) is -2.34. The molecule has 10 heteroatoms. The number of nitrogens with zero attached hydrogens (tertiary/aromatic N) is 3. The van der Waals surface area contributed by atoms with E-state index in [1.807, 2.05) is 0 Å². The van der Waals surface area contributed by atoms with E-state index >= 15 is 0 Å². The number of ether oxygens (including phenoxy) is 1. The van der Waals surface area contributed by atoms with Gasteiger partial charge in [-0.2, -0.15) is 4.98 Å². The molecule has 4 rings (SSSR count). The molecule has 5 N–H and O–H groups in total. The van der Waals surface area contributed by atoms with E-state index in [-0.39, 0.29) is 17.1 Å². The fraction of sp³-hybridized carbons (Fsp3) is 0.417. The summed E-state index contributed by atoms with van der Waals surface area (Å²) in [5.74, 6) is -0.157. The first-order valence-electron chi connectivity index (χ1n) is 6.45. The van der Waals surface area contributed by atoms with Crippen molar-refractivity contribution in [2.45, 2.75) is 29.7 Å². The first-order valence-corrected chi connectivity index (χ1v) is 6.45. The fourth-order valence-corrected chi connectivity index (χ4v) is 3.11. The van der Waals surface area contributed by atoms with Crippen LogP contribution in [0.5, 0.6) is 0 Å². The Morgan fingerprint density at radius 3 is 3.00 bits per heavy atom. The second kappa shape index (κ2) is 3.72. The maximum Gasteiger partial charge on any atom is 0.280 e. The lowest BCUT2D eigenvalue weighted by Gasteiger charge is -2.21. The Balaban J connectivity index is 1.85. The number of nitrogen functional groups attached to an aromatic ring is 1. The number of aromatic nitrogens is 4. The number of alkyl halides is 1. The van der Waals surface area contributed by atoms with Crippen molar-refractivity contribution in [3.8, 4) is 0 Å². The standard InChI is InChI=1S/C12H12FN5O4/c1-2-11-9(20)12(11,21)5(13)8(22-11)18-3-15-4-6(18)16-10(14)17-7(4)19/h2-3,5,8-9,20-21H,1H2,(H3,14,16,17,19). The first kappa shape index (κ1) is 13.4. The number of hydrogen-bond donors (Lipinski definition) is 4. The van der Waals surface area contributed by atoms with Gasteiger partial charge in [0.15, 0.2) is 34.8 Å². The summed E-state index contributed by atoms with van der Waals surface area (Å²) >= 11 is 0. The fourth-order valence-electron chi connectivity index (χ4n) is 3.11. The minimum Gasteiger partial charge on any atom is -0.386 e. The highest BCUT2D eigenvalue weighted by Crippen LogP contribution is 2.64. The molecule has 2 fully saturated rings. The molecule has 0 amide bonds. The number of aliphatic hydroxyl groups is 2. The van der Waals surface area contributed by atoms with Crippen LogP contribution in [-0.2, 0) is 4.74 Å². The largest absolute Gasteiger partial charge is 0.386 e. The average molecular weight is 309 g/mol. The maximum absolute atomic E-state index is 14.6. The SMILES string of the molecule is C=CC12OC(n3cnc4c(=O)[nH]c(N)nc43)C(F)C1(O)C2O. The van der Waals surface area contributed by atoms with E-state index in [9.17, 15) is 19.4 Å². The Kier molecular flexibility index (Phi) is 2.26. The number of aromatic amines is 1. The summed E-state index contributed by atoms with van der Waals surface area (Å²) in [5.41, 5.74) is 1.22. The second-order valence-electron chi connectivity index (χ2n) is 5.41. The van der Waals surface area contributed by atoms with Crippen LogP contribution in [0.25, 0.3) is 11.2 Å². The molecular weight excluding hydrogens is 297 g/mol. The second-order valence-corrected chi connectivity index (χ2v) is 5.41. The Morgan fingerprint density at radius 1 is 1.64 bits per heavy atom. The van der Waals surface area contributed by atoms with Gasteiger partial charge in [-0.1, -0.05) is 6.08 Å². The lowest BCUT2D eigenvalue weighted by molar-refractivity contribution is -0.0763. The van der Waals surface area contributed by atoms with Crippen molar-refractivity contribution in [2.75, 3.05) is 5.73 Å². The lowest BCUT2D eigenvalue weighted by Crippen LogP contribution is -2.33. The van der Waals surface area contributed by atoms with Crippen LogP contribution in [0.15, 0.2) is 23.8 Å². The summed E-state index contributed by atoms with van der Waals surface area (Å²) < 4.78 is 21.2. The maximum atomic E-state index is 14.6. The van der Waals surface area contributed by atoms with E-state index in [0.717, 1.165) is 10.6 Å². The van der Waals surface area contributed by atoms with Crippen LogP contribution in [0.1, 0.15) is 6.23 Å². The molecular formula is C12H12FN5O4. The van der Waals surface area contributed by atoms with Crippen molar-refractivity contribution in [3.05, 3.63) is 29.3 Å². The smallest absolute Gasteiger partial charge is 0.280 e. The number of hydrogen-bond acceptors (Lipinski definition) is 7. The van der Waals surface area contributed by atoms with Crippen molar-refractivity contribution in [2.24, 2.45) is 0 Å². The molecule has 9 nitrogen and oxygen atoms in total. The first-order chi connectivity index (χ1) is 10.4. The van der Waals surface area contributed by atoms with Crippen molar-refractivity contribution in [3.63, 3.8) is 0 Å². The number of aliphatic hydroxyl groups excluding tert-OH is 1. The van der Waals surface area contributed by atoms with Crippen molar-refractivity contribution >= 4 is 17.1 Å². The molecule has 1 saturated heterocycles. The third-order valence-corrected chi connectivity index (χ3v) is 4.38. The molecule has 3 heterocycles. The number of H-pyrrole nitrogens is 1. The van der Waals surface area contributed by atoms with E-state index in [0.29, 0.717) is 0 Å². The Labute approximate surface area is 121 Å². The normalized spacial score (nSPS) is 39.9. The third kappa shape index (κ3) is 1.22. The van der Waals surface area contributed by atoms with Gasteiger partial charge in [0.25, 0.3) is 5.56 Å². The molecule has 1 saturated carbocycles. The highest BCUT2D eigenvalue weighted by molar-refractivity contribution is 5.70. The molecule has 116 valence electrons. The lowest BCUT2D eigenvalue weighted by atomic mass is 10.1. The van der Waals surface area contributed by atoms with E-state index < -0.39 is 35.3 Å². The van der Waals surface area contributed by atoms with Gasteiger partial charge in [-0.3, -0.25) is 14.3 Å². The Morgan fingerprint density at radius 2 is 2.36 bits per heavy atom. The van der Waals surface area contributed by atoms with E-state index in [2.05, 4.69) is 21.5 Å². The molecule has 0 spiro atoms. The molecule has 0 aromatic carbocycles. The summed E-state index contributed by atoms with van der Waals surface area (Å²) in [6.45, 7) is 3.47. The Bertz CT molecular complexity index is 865. The topological polar surface area (TPSA) is 139 Å². The van der Waals surface area contributed by atoms with Gasteiger partial charge in [0, 0.05) is 0 Å². The van der Waals surface area contributed by atoms with Gasteiger partial charge in [-0.05, 0) is 0 Å². The molecule has 22 heavy (non-hydrogen) atoms. The van der Waals surface area contributed by atoms with Gasteiger partial charge in [-0.25, -0.2) is 9.37 Å². The molecule has 2 aromatic rings. The average Bonchev–Trinajstić information content (AvgIpc) is 2.81. The molecule has 2 aromatic heterocycles. The number of nitrogens with one attached hydrogen (secondary N) is 1. The highest BCUT2D eigenvalue weighted by Gasteiger charge is 2.87. The van der Waals surface area contributed by atoms with Crippen LogP contribution in [0.4, 0.5) is 10.3 Å². The van der Waals surface area contributed by atoms with E-state index in [1.165, 1.54) is 6.33 Å². The summed E-state index contributed by atoms with van der Waals surface area (Å²) in [5, 5.41) is 20.0. The van der Waals surface area contributed by atoms with Gasteiger partial charge in [-0.15, -0.1) is 6.58 Å². The van der Waals surface area contributed by atoms with E-state index in [1.54, 1.807) is 0 Å². The third-order valence-electron chi connectivity index (χ3n) is 4.38. The van der Waals surface area contributed by atoms with Gasteiger partial charge in [0.2, 0.25) is 5.95 Å². The van der Waals surface area contributed by atoms with Crippen LogP contribution in [-0.4, -0.2) is 53.2 Å². The van der Waals surface area contributed by atoms with Gasteiger partial charge in [0.05, 0.1) is 6.33 Å². The van der Waals surface area contributed by atoms with Gasteiger partial charge in [0.1, 0.15) is 6.10 Å². The molecule has 5 atom stereocenters. The summed E-state index contributed by atoms with van der Waals surface area (Å²) in [4.78, 5) is 21.8. The molecule has 5 unspecified atom stereocenters. The predicted molar refractivity (Wildman–Crippen MR) is 71.5 cm³/mol.